The van der Waals surface area contributed by atoms with Crippen molar-refractivity contribution < 1.29 is 17.9 Å². The molecule has 5 rings (SSSR count). The summed E-state index contributed by atoms with van der Waals surface area (Å²) < 4.78 is 34.9. The zero-order valence-electron chi connectivity index (χ0n) is 18.6. The molecular weight excluding hydrogens is 428 g/mol. The summed E-state index contributed by atoms with van der Waals surface area (Å²) in [6.07, 6.45) is 5.90. The van der Waals surface area contributed by atoms with Gasteiger partial charge in [0, 0.05) is 38.5 Å². The smallest absolute Gasteiger partial charge is 0.243 e. The van der Waals surface area contributed by atoms with Crippen LogP contribution in [0, 0.1) is 11.8 Å². The third-order valence-corrected chi connectivity index (χ3v) is 8.78. The van der Waals surface area contributed by atoms with Crippen LogP contribution in [0.25, 0.3) is 11.0 Å². The summed E-state index contributed by atoms with van der Waals surface area (Å²) in [5, 5.41) is 3.28. The first-order valence-electron chi connectivity index (χ1n) is 11.8. The lowest BCUT2D eigenvalue weighted by molar-refractivity contribution is -0.122. The first-order valence-corrected chi connectivity index (χ1v) is 13.3. The highest BCUT2D eigenvalue weighted by Gasteiger charge is 2.42. The lowest BCUT2D eigenvalue weighted by Gasteiger charge is -2.26. The molecule has 3 aliphatic rings. The standard InChI is InChI=1S/C23H32N4O4S/c1-2-27-20-8-7-18(32(29,30)26-11-13-31-14-12-26)15-19(20)24-21(27)9-10-22(28)25-23(16-3-4-16)17-5-6-17/h7-8,15-17,23H,2-6,9-14H2,1H3,(H,25,28). The number of aromatic nitrogens is 2. The third-order valence-electron chi connectivity index (χ3n) is 6.89. The summed E-state index contributed by atoms with van der Waals surface area (Å²) >= 11 is 0. The normalized spacial score (nSPS) is 20.2. The van der Waals surface area contributed by atoms with Crippen molar-refractivity contribution >= 4 is 27.0 Å². The predicted octanol–water partition coefficient (Wildman–Crippen LogP) is 2.31. The van der Waals surface area contributed by atoms with Crippen LogP contribution in [-0.2, 0) is 32.5 Å². The minimum Gasteiger partial charge on any atom is -0.379 e. The van der Waals surface area contributed by atoms with Gasteiger partial charge in [0.1, 0.15) is 5.82 Å². The summed E-state index contributed by atoms with van der Waals surface area (Å²) in [4.78, 5) is 17.6. The van der Waals surface area contributed by atoms with Gasteiger partial charge in [0.15, 0.2) is 0 Å². The largest absolute Gasteiger partial charge is 0.379 e. The number of hydrogen-bond donors (Lipinski definition) is 1. The van der Waals surface area contributed by atoms with Gasteiger partial charge in [-0.05, 0) is 62.6 Å². The maximum Gasteiger partial charge on any atom is 0.243 e. The molecular formula is C23H32N4O4S. The Labute approximate surface area is 189 Å². The van der Waals surface area contributed by atoms with Crippen LogP contribution in [0.5, 0.6) is 0 Å². The predicted molar refractivity (Wildman–Crippen MR) is 121 cm³/mol. The zero-order valence-corrected chi connectivity index (χ0v) is 19.4. The van der Waals surface area contributed by atoms with E-state index >= 15 is 0 Å². The van der Waals surface area contributed by atoms with Crippen molar-refractivity contribution in [2.75, 3.05) is 26.3 Å². The summed E-state index contributed by atoms with van der Waals surface area (Å²) in [7, 11) is -3.57. The molecule has 2 aromatic rings. The molecule has 32 heavy (non-hydrogen) atoms. The molecule has 1 aliphatic heterocycles. The Bertz CT molecular complexity index is 1090. The molecule has 1 aromatic heterocycles. The van der Waals surface area contributed by atoms with Crippen molar-refractivity contribution in [3.8, 4) is 0 Å². The first kappa shape index (κ1) is 21.9. The van der Waals surface area contributed by atoms with E-state index < -0.39 is 10.0 Å². The van der Waals surface area contributed by atoms with Crippen LogP contribution >= 0.6 is 0 Å². The average Bonchev–Trinajstić information content (AvgIpc) is 3.73. The fraction of sp³-hybridized carbons (Fsp3) is 0.652. The number of sulfonamides is 1. The Morgan fingerprint density at radius 2 is 1.88 bits per heavy atom. The number of ether oxygens (including phenoxy) is 1. The maximum atomic E-state index is 13.0. The van der Waals surface area contributed by atoms with Crippen molar-refractivity contribution in [3.05, 3.63) is 24.0 Å². The van der Waals surface area contributed by atoms with Gasteiger partial charge in [-0.2, -0.15) is 4.31 Å². The van der Waals surface area contributed by atoms with E-state index in [1.54, 1.807) is 12.1 Å². The van der Waals surface area contributed by atoms with Crippen LogP contribution in [0.4, 0.5) is 0 Å². The molecule has 8 nitrogen and oxygen atoms in total. The minimum absolute atomic E-state index is 0.0964. The number of imidazole rings is 1. The molecule has 3 fully saturated rings. The molecule has 0 radical (unpaired) electrons. The van der Waals surface area contributed by atoms with Crippen molar-refractivity contribution in [2.24, 2.45) is 11.8 Å². The molecule has 1 aromatic carbocycles. The highest BCUT2D eigenvalue weighted by molar-refractivity contribution is 7.89. The Kier molecular flexibility index (Phi) is 5.98. The second-order valence-corrected chi connectivity index (χ2v) is 11.1. The zero-order chi connectivity index (χ0) is 22.3. The number of nitrogens with one attached hydrogen (secondary N) is 1. The number of amides is 1. The molecule has 2 heterocycles. The van der Waals surface area contributed by atoms with E-state index in [0.717, 1.165) is 17.9 Å². The molecule has 0 bridgehead atoms. The van der Waals surface area contributed by atoms with Gasteiger partial charge < -0.3 is 14.6 Å². The molecule has 1 saturated heterocycles. The fourth-order valence-corrected chi connectivity index (χ4v) is 6.24. The monoisotopic (exact) mass is 460 g/mol. The van der Waals surface area contributed by atoms with E-state index in [-0.39, 0.29) is 10.8 Å². The summed E-state index contributed by atoms with van der Waals surface area (Å²) in [5.74, 6) is 2.28. The lowest BCUT2D eigenvalue weighted by atomic mass is 10.1. The summed E-state index contributed by atoms with van der Waals surface area (Å²) in [6.45, 7) is 4.33. The molecule has 0 spiro atoms. The van der Waals surface area contributed by atoms with Crippen LogP contribution in [0.1, 0.15) is 44.9 Å². The van der Waals surface area contributed by atoms with Gasteiger partial charge in [0.2, 0.25) is 15.9 Å². The topological polar surface area (TPSA) is 93.5 Å². The van der Waals surface area contributed by atoms with Gasteiger partial charge in [0.05, 0.1) is 29.1 Å². The summed E-state index contributed by atoms with van der Waals surface area (Å²) in [6, 6.07) is 5.51. The third kappa shape index (κ3) is 4.43. The van der Waals surface area contributed by atoms with Crippen LogP contribution in [0.3, 0.4) is 0 Å². The second kappa shape index (κ2) is 8.76. The Hall–Kier alpha value is -1.97. The van der Waals surface area contributed by atoms with Gasteiger partial charge in [-0.25, -0.2) is 13.4 Å². The summed E-state index contributed by atoms with van der Waals surface area (Å²) in [5.41, 5.74) is 1.56. The highest BCUT2D eigenvalue weighted by atomic mass is 32.2. The van der Waals surface area contributed by atoms with Crippen LogP contribution in [0.15, 0.2) is 23.1 Å². The lowest BCUT2D eigenvalue weighted by Crippen LogP contribution is -2.40. The number of fused-ring (bicyclic) bond motifs is 1. The van der Waals surface area contributed by atoms with Crippen molar-refractivity contribution in [3.63, 3.8) is 0 Å². The molecule has 1 N–H and O–H groups in total. The van der Waals surface area contributed by atoms with E-state index in [2.05, 4.69) is 9.88 Å². The number of morpholine rings is 1. The van der Waals surface area contributed by atoms with Crippen LogP contribution in [-0.4, -0.2) is 60.5 Å². The van der Waals surface area contributed by atoms with Gasteiger partial charge >= 0.3 is 0 Å². The minimum atomic E-state index is -3.57. The molecule has 2 aliphatic carbocycles. The molecule has 1 amide bonds. The van der Waals surface area contributed by atoms with Crippen molar-refractivity contribution in [1.29, 1.82) is 0 Å². The Morgan fingerprint density at radius 3 is 2.50 bits per heavy atom. The van der Waals surface area contributed by atoms with E-state index in [1.165, 1.54) is 30.0 Å². The van der Waals surface area contributed by atoms with Crippen molar-refractivity contribution in [2.45, 2.75) is 62.9 Å². The second-order valence-electron chi connectivity index (χ2n) is 9.21. The number of hydrogen-bond acceptors (Lipinski definition) is 5. The number of rotatable bonds is 9. The van der Waals surface area contributed by atoms with E-state index in [4.69, 9.17) is 9.72 Å². The number of benzene rings is 1. The van der Waals surface area contributed by atoms with Gasteiger partial charge in [-0.15, -0.1) is 0 Å². The molecule has 0 atom stereocenters. The number of aryl methyl sites for hydroxylation is 2. The van der Waals surface area contributed by atoms with E-state index in [9.17, 15) is 13.2 Å². The molecule has 174 valence electrons. The van der Waals surface area contributed by atoms with Crippen LogP contribution in [0.2, 0.25) is 0 Å². The Balaban J connectivity index is 1.31. The van der Waals surface area contributed by atoms with E-state index in [1.807, 2.05) is 13.0 Å². The number of nitrogens with zero attached hydrogens (tertiary/aromatic N) is 3. The SMILES string of the molecule is CCn1c(CCC(=O)NC(C2CC2)C2CC2)nc2cc(S(=O)(=O)N3CCOCC3)ccc21. The quantitative estimate of drug-likeness (QED) is 0.620. The highest BCUT2D eigenvalue weighted by Crippen LogP contribution is 2.44. The molecule has 0 unspecified atom stereocenters. The number of carbonyl (C=O) groups is 1. The average molecular weight is 461 g/mol. The van der Waals surface area contributed by atoms with Gasteiger partial charge in [0.25, 0.3) is 0 Å². The van der Waals surface area contributed by atoms with Gasteiger partial charge in [-0.1, -0.05) is 0 Å². The molecule has 2 saturated carbocycles. The Morgan fingerprint density at radius 1 is 1.19 bits per heavy atom. The number of carbonyl (C=O) groups excluding carboxylic acids is 1. The van der Waals surface area contributed by atoms with Gasteiger partial charge in [-0.3, -0.25) is 4.79 Å². The fourth-order valence-electron chi connectivity index (χ4n) is 4.81. The maximum absolute atomic E-state index is 13.0. The van der Waals surface area contributed by atoms with Crippen LogP contribution < -0.4 is 5.32 Å². The van der Waals surface area contributed by atoms with E-state index in [0.29, 0.717) is 62.5 Å². The molecule has 9 heteroatoms. The van der Waals surface area contributed by atoms with Crippen molar-refractivity contribution in [1.82, 2.24) is 19.2 Å². The first-order chi connectivity index (χ1) is 15.5.